The third-order valence-electron chi connectivity index (χ3n) is 2.46. The monoisotopic (exact) mass is 288 g/mol. The van der Waals surface area contributed by atoms with Gasteiger partial charge in [0.1, 0.15) is 5.82 Å². The van der Waals surface area contributed by atoms with E-state index in [0.29, 0.717) is 12.0 Å². The van der Waals surface area contributed by atoms with Crippen molar-refractivity contribution < 1.29 is 4.39 Å². The molecule has 4 heteroatoms. The van der Waals surface area contributed by atoms with Crippen LogP contribution in [-0.4, -0.2) is 5.54 Å². The summed E-state index contributed by atoms with van der Waals surface area (Å²) in [5, 5.41) is 0. The second kappa shape index (κ2) is 5.25. The van der Waals surface area contributed by atoms with E-state index in [0.717, 1.165) is 10.9 Å². The van der Waals surface area contributed by atoms with Crippen LogP contribution in [0.2, 0.25) is 0 Å². The summed E-state index contributed by atoms with van der Waals surface area (Å²) >= 11 is 3.31. The molecule has 0 aliphatic rings. The van der Waals surface area contributed by atoms with Crippen molar-refractivity contribution in [3.63, 3.8) is 0 Å². The maximum absolute atomic E-state index is 13.5. The van der Waals surface area contributed by atoms with Crippen LogP contribution in [0.15, 0.2) is 22.7 Å². The number of hydrogen-bond acceptors (Lipinski definition) is 2. The predicted molar refractivity (Wildman–Crippen MR) is 68.5 cm³/mol. The van der Waals surface area contributed by atoms with E-state index < -0.39 is 0 Å². The molecule has 4 N–H and O–H groups in total. The van der Waals surface area contributed by atoms with Crippen molar-refractivity contribution in [2.75, 3.05) is 0 Å². The van der Waals surface area contributed by atoms with E-state index in [9.17, 15) is 4.39 Å². The van der Waals surface area contributed by atoms with Gasteiger partial charge in [-0.3, -0.25) is 0 Å². The summed E-state index contributed by atoms with van der Waals surface area (Å²) in [6.07, 6.45) is 1.44. The summed E-state index contributed by atoms with van der Waals surface area (Å²) < 4.78 is 14.3. The third-order valence-corrected chi connectivity index (χ3v) is 2.95. The molecule has 1 aromatic carbocycles. The van der Waals surface area contributed by atoms with Gasteiger partial charge in [0, 0.05) is 21.6 Å². The molecule has 1 rings (SSSR count). The highest BCUT2D eigenvalue weighted by molar-refractivity contribution is 9.10. The number of rotatable bonds is 4. The smallest absolute Gasteiger partial charge is 0.128 e. The van der Waals surface area contributed by atoms with Gasteiger partial charge in [-0.2, -0.15) is 0 Å². The number of hydrogen-bond donors (Lipinski definition) is 2. The van der Waals surface area contributed by atoms with Crippen LogP contribution >= 0.6 is 15.9 Å². The quantitative estimate of drug-likeness (QED) is 0.894. The molecule has 1 unspecified atom stereocenters. The fourth-order valence-corrected chi connectivity index (χ4v) is 1.86. The summed E-state index contributed by atoms with van der Waals surface area (Å²) in [4.78, 5) is 0. The molecule has 2 nitrogen and oxygen atoms in total. The molecule has 0 spiro atoms. The zero-order valence-electron chi connectivity index (χ0n) is 9.63. The van der Waals surface area contributed by atoms with Crippen molar-refractivity contribution in [2.24, 2.45) is 11.5 Å². The van der Waals surface area contributed by atoms with Gasteiger partial charge in [0.2, 0.25) is 0 Å². The van der Waals surface area contributed by atoms with E-state index in [1.807, 2.05) is 13.8 Å². The summed E-state index contributed by atoms with van der Waals surface area (Å²) in [6, 6.07) is 4.51. The minimum absolute atomic E-state index is 0.259. The van der Waals surface area contributed by atoms with E-state index in [1.54, 1.807) is 12.1 Å². The zero-order chi connectivity index (χ0) is 12.3. The van der Waals surface area contributed by atoms with E-state index in [4.69, 9.17) is 11.5 Å². The topological polar surface area (TPSA) is 52.0 Å². The fourth-order valence-electron chi connectivity index (χ4n) is 1.48. The third kappa shape index (κ3) is 4.20. The molecule has 0 aliphatic heterocycles. The Kier molecular flexibility index (Phi) is 4.47. The lowest BCUT2D eigenvalue weighted by atomic mass is 9.94. The van der Waals surface area contributed by atoms with Crippen LogP contribution in [0, 0.1) is 5.82 Å². The molecule has 0 fully saturated rings. The lowest BCUT2D eigenvalue weighted by Crippen LogP contribution is -2.32. The second-order valence-corrected chi connectivity index (χ2v) is 5.72. The van der Waals surface area contributed by atoms with E-state index in [1.165, 1.54) is 6.07 Å². The van der Waals surface area contributed by atoms with Gasteiger partial charge in [-0.15, -0.1) is 0 Å². The Bertz CT molecular complexity index is 361. The number of benzene rings is 1. The molecule has 0 amide bonds. The molecule has 0 aromatic heterocycles. The summed E-state index contributed by atoms with van der Waals surface area (Å²) in [5.41, 5.74) is 12.1. The fraction of sp³-hybridized carbons (Fsp3) is 0.500. The molecule has 16 heavy (non-hydrogen) atoms. The Morgan fingerprint density at radius 3 is 2.62 bits per heavy atom. The first kappa shape index (κ1) is 13.6. The zero-order valence-corrected chi connectivity index (χ0v) is 11.2. The minimum atomic E-state index is -0.305. The molecule has 0 heterocycles. The van der Waals surface area contributed by atoms with E-state index in [-0.39, 0.29) is 17.4 Å². The van der Waals surface area contributed by atoms with E-state index >= 15 is 0 Å². The van der Waals surface area contributed by atoms with Gasteiger partial charge in [-0.25, -0.2) is 4.39 Å². The van der Waals surface area contributed by atoms with Crippen LogP contribution in [0.3, 0.4) is 0 Å². The summed E-state index contributed by atoms with van der Waals surface area (Å²) in [7, 11) is 0. The lowest BCUT2D eigenvalue weighted by molar-refractivity contribution is 0.427. The molecule has 0 aliphatic carbocycles. The van der Waals surface area contributed by atoms with Crippen molar-refractivity contribution >= 4 is 15.9 Å². The van der Waals surface area contributed by atoms with Crippen LogP contribution in [0.5, 0.6) is 0 Å². The Balaban J connectivity index is 2.73. The molecule has 90 valence electrons. The van der Waals surface area contributed by atoms with Gasteiger partial charge in [-0.1, -0.05) is 15.9 Å². The maximum atomic E-state index is 13.5. The molecule has 0 bridgehead atoms. The van der Waals surface area contributed by atoms with E-state index in [2.05, 4.69) is 15.9 Å². The molecule has 0 radical (unpaired) electrons. The largest absolute Gasteiger partial charge is 0.326 e. The normalized spacial score (nSPS) is 13.9. The standard InChI is InChI=1S/C12H18BrFN2/c1-12(2,16)6-5-11(15)9-7-8(13)3-4-10(9)14/h3-4,7,11H,5-6,15-16H2,1-2H3. The van der Waals surface area contributed by atoms with Crippen LogP contribution in [-0.2, 0) is 0 Å². The number of nitrogens with two attached hydrogens (primary N) is 2. The Morgan fingerprint density at radius 2 is 2.06 bits per heavy atom. The lowest BCUT2D eigenvalue weighted by Gasteiger charge is -2.21. The highest BCUT2D eigenvalue weighted by Crippen LogP contribution is 2.24. The van der Waals surface area contributed by atoms with Crippen molar-refractivity contribution in [1.29, 1.82) is 0 Å². The van der Waals surface area contributed by atoms with Gasteiger partial charge < -0.3 is 11.5 Å². The summed E-state index contributed by atoms with van der Waals surface area (Å²) in [5.74, 6) is -0.259. The van der Waals surface area contributed by atoms with Gasteiger partial charge >= 0.3 is 0 Å². The van der Waals surface area contributed by atoms with Crippen molar-refractivity contribution in [3.8, 4) is 0 Å². The van der Waals surface area contributed by atoms with Gasteiger partial charge in [0.15, 0.2) is 0 Å². The number of halogens is 2. The average molecular weight is 289 g/mol. The van der Waals surface area contributed by atoms with Crippen molar-refractivity contribution in [3.05, 3.63) is 34.1 Å². The first-order valence-corrected chi connectivity index (χ1v) is 6.08. The highest BCUT2D eigenvalue weighted by Gasteiger charge is 2.16. The predicted octanol–water partition coefficient (Wildman–Crippen LogP) is 3.11. The first-order valence-electron chi connectivity index (χ1n) is 5.29. The van der Waals surface area contributed by atoms with Crippen LogP contribution < -0.4 is 11.5 Å². The van der Waals surface area contributed by atoms with Crippen LogP contribution in [0.4, 0.5) is 4.39 Å². The SMILES string of the molecule is CC(C)(N)CCC(N)c1cc(Br)ccc1F. The van der Waals surface area contributed by atoms with Gasteiger partial charge in [-0.05, 0) is 44.9 Å². The Labute approximate surface area is 104 Å². The Morgan fingerprint density at radius 1 is 1.44 bits per heavy atom. The molecular formula is C12H18BrFN2. The molecular weight excluding hydrogens is 271 g/mol. The molecule has 1 aromatic rings. The second-order valence-electron chi connectivity index (χ2n) is 4.80. The summed E-state index contributed by atoms with van der Waals surface area (Å²) in [6.45, 7) is 3.88. The first-order chi connectivity index (χ1) is 7.29. The molecule has 0 saturated heterocycles. The van der Waals surface area contributed by atoms with Crippen molar-refractivity contribution in [2.45, 2.75) is 38.3 Å². The minimum Gasteiger partial charge on any atom is -0.326 e. The van der Waals surface area contributed by atoms with Crippen LogP contribution in [0.25, 0.3) is 0 Å². The highest BCUT2D eigenvalue weighted by atomic mass is 79.9. The maximum Gasteiger partial charge on any atom is 0.128 e. The Hall–Kier alpha value is -0.450. The molecule has 1 atom stereocenters. The van der Waals surface area contributed by atoms with Crippen LogP contribution in [0.1, 0.15) is 38.3 Å². The van der Waals surface area contributed by atoms with Gasteiger partial charge in [0.05, 0.1) is 0 Å². The van der Waals surface area contributed by atoms with Gasteiger partial charge in [0.25, 0.3) is 0 Å². The average Bonchev–Trinajstić information content (AvgIpc) is 2.17. The molecule has 0 saturated carbocycles. The van der Waals surface area contributed by atoms with Crippen molar-refractivity contribution in [1.82, 2.24) is 0 Å².